The van der Waals surface area contributed by atoms with E-state index in [2.05, 4.69) is 4.98 Å². The SMILES string of the molecule is COc1ccc2nc(-c3ccccc3F)n(C)c2c1. The molecule has 3 rings (SSSR count). The Morgan fingerprint density at radius 3 is 2.68 bits per heavy atom. The van der Waals surface area contributed by atoms with Crippen LogP contribution in [0.5, 0.6) is 5.75 Å². The van der Waals surface area contributed by atoms with Gasteiger partial charge in [0.15, 0.2) is 0 Å². The number of imidazole rings is 1. The molecule has 0 bridgehead atoms. The number of hydrogen-bond donors (Lipinski definition) is 0. The lowest BCUT2D eigenvalue weighted by Gasteiger charge is -2.04. The first kappa shape index (κ1) is 11.7. The summed E-state index contributed by atoms with van der Waals surface area (Å²) in [5, 5.41) is 0. The molecule has 3 nitrogen and oxygen atoms in total. The van der Waals surface area contributed by atoms with Crippen molar-refractivity contribution >= 4 is 11.0 Å². The molecule has 0 radical (unpaired) electrons. The van der Waals surface area contributed by atoms with Gasteiger partial charge in [-0.15, -0.1) is 0 Å². The van der Waals surface area contributed by atoms with E-state index in [1.54, 1.807) is 25.3 Å². The molecule has 0 unspecified atom stereocenters. The van der Waals surface area contributed by atoms with Gasteiger partial charge in [-0.3, -0.25) is 0 Å². The molecule has 4 heteroatoms. The summed E-state index contributed by atoms with van der Waals surface area (Å²) in [5.74, 6) is 1.10. The van der Waals surface area contributed by atoms with Gasteiger partial charge in [0.1, 0.15) is 17.4 Å². The molecule has 3 aromatic rings. The van der Waals surface area contributed by atoms with E-state index in [-0.39, 0.29) is 5.82 Å². The smallest absolute Gasteiger partial charge is 0.143 e. The first-order valence-corrected chi connectivity index (χ1v) is 5.96. The molecule has 2 aromatic carbocycles. The number of ether oxygens (including phenoxy) is 1. The van der Waals surface area contributed by atoms with E-state index in [1.807, 2.05) is 29.8 Å². The predicted molar refractivity (Wildman–Crippen MR) is 72.7 cm³/mol. The molecule has 0 aliphatic rings. The summed E-state index contributed by atoms with van der Waals surface area (Å²) in [6.07, 6.45) is 0. The second-order valence-electron chi connectivity index (χ2n) is 4.33. The predicted octanol–water partition coefficient (Wildman–Crippen LogP) is 3.39. The Bertz CT molecular complexity index is 749. The number of fused-ring (bicyclic) bond motifs is 1. The Labute approximate surface area is 110 Å². The zero-order valence-electron chi connectivity index (χ0n) is 10.7. The molecule has 0 spiro atoms. The first-order valence-electron chi connectivity index (χ1n) is 5.96. The summed E-state index contributed by atoms with van der Waals surface area (Å²) in [6.45, 7) is 0. The maximum Gasteiger partial charge on any atom is 0.143 e. The lowest BCUT2D eigenvalue weighted by molar-refractivity contribution is 0.415. The second kappa shape index (κ2) is 4.39. The van der Waals surface area contributed by atoms with E-state index >= 15 is 0 Å². The highest BCUT2D eigenvalue weighted by molar-refractivity contribution is 5.82. The molecular formula is C15H13FN2O. The summed E-state index contributed by atoms with van der Waals surface area (Å²) in [5.41, 5.74) is 2.24. The van der Waals surface area contributed by atoms with Gasteiger partial charge in [-0.05, 0) is 24.3 Å². The summed E-state index contributed by atoms with van der Waals surface area (Å²) < 4.78 is 20.9. The molecule has 0 aliphatic carbocycles. The minimum Gasteiger partial charge on any atom is -0.497 e. The number of benzene rings is 2. The van der Waals surface area contributed by atoms with Gasteiger partial charge >= 0.3 is 0 Å². The van der Waals surface area contributed by atoms with Gasteiger partial charge in [-0.1, -0.05) is 12.1 Å². The minimum absolute atomic E-state index is 0.270. The van der Waals surface area contributed by atoms with Crippen molar-refractivity contribution in [3.63, 3.8) is 0 Å². The number of halogens is 1. The van der Waals surface area contributed by atoms with Gasteiger partial charge in [-0.25, -0.2) is 9.37 Å². The highest BCUT2D eigenvalue weighted by Gasteiger charge is 2.13. The van der Waals surface area contributed by atoms with Crippen LogP contribution in [-0.2, 0) is 7.05 Å². The van der Waals surface area contributed by atoms with Crippen LogP contribution in [0.4, 0.5) is 4.39 Å². The van der Waals surface area contributed by atoms with Crippen molar-refractivity contribution in [3.05, 3.63) is 48.3 Å². The van der Waals surface area contributed by atoms with Crippen LogP contribution in [0, 0.1) is 5.82 Å². The lowest BCUT2D eigenvalue weighted by atomic mass is 10.2. The van der Waals surface area contributed by atoms with Gasteiger partial charge in [0.25, 0.3) is 0 Å². The Morgan fingerprint density at radius 2 is 1.95 bits per heavy atom. The van der Waals surface area contributed by atoms with Gasteiger partial charge in [-0.2, -0.15) is 0 Å². The zero-order valence-corrected chi connectivity index (χ0v) is 10.7. The number of aryl methyl sites for hydroxylation is 1. The fraction of sp³-hybridized carbons (Fsp3) is 0.133. The molecule has 0 fully saturated rings. The third-order valence-electron chi connectivity index (χ3n) is 3.20. The van der Waals surface area contributed by atoms with E-state index < -0.39 is 0 Å². The Morgan fingerprint density at radius 1 is 1.16 bits per heavy atom. The quantitative estimate of drug-likeness (QED) is 0.702. The van der Waals surface area contributed by atoms with E-state index in [1.165, 1.54) is 6.07 Å². The second-order valence-corrected chi connectivity index (χ2v) is 4.33. The van der Waals surface area contributed by atoms with Crippen molar-refractivity contribution in [2.24, 2.45) is 7.05 Å². The van der Waals surface area contributed by atoms with Crippen LogP contribution in [0.2, 0.25) is 0 Å². The van der Waals surface area contributed by atoms with Crippen molar-refractivity contribution in [3.8, 4) is 17.1 Å². The molecule has 0 amide bonds. The number of hydrogen-bond acceptors (Lipinski definition) is 2. The summed E-state index contributed by atoms with van der Waals surface area (Å²) in [7, 11) is 3.49. The summed E-state index contributed by atoms with van der Waals surface area (Å²) >= 11 is 0. The van der Waals surface area contributed by atoms with Crippen LogP contribution in [0.3, 0.4) is 0 Å². The first-order chi connectivity index (χ1) is 9.20. The number of rotatable bonds is 2. The third kappa shape index (κ3) is 1.85. The normalized spacial score (nSPS) is 10.9. The van der Waals surface area contributed by atoms with E-state index in [4.69, 9.17) is 4.74 Å². The number of methoxy groups -OCH3 is 1. The Balaban J connectivity index is 2.26. The van der Waals surface area contributed by atoms with Gasteiger partial charge < -0.3 is 9.30 Å². The van der Waals surface area contributed by atoms with Crippen LogP contribution in [-0.4, -0.2) is 16.7 Å². The zero-order chi connectivity index (χ0) is 13.4. The average Bonchev–Trinajstić information content (AvgIpc) is 2.76. The lowest BCUT2D eigenvalue weighted by Crippen LogP contribution is -1.94. The van der Waals surface area contributed by atoms with Crippen molar-refractivity contribution in [1.82, 2.24) is 9.55 Å². The van der Waals surface area contributed by atoms with Crippen LogP contribution in [0.1, 0.15) is 0 Å². The monoisotopic (exact) mass is 256 g/mol. The molecule has 96 valence electrons. The molecule has 1 heterocycles. The third-order valence-corrected chi connectivity index (χ3v) is 3.20. The maximum absolute atomic E-state index is 13.9. The molecule has 1 aromatic heterocycles. The largest absolute Gasteiger partial charge is 0.497 e. The van der Waals surface area contributed by atoms with Crippen molar-refractivity contribution in [2.75, 3.05) is 7.11 Å². The molecule has 0 saturated heterocycles. The van der Waals surface area contributed by atoms with E-state index in [9.17, 15) is 4.39 Å². The van der Waals surface area contributed by atoms with Crippen molar-refractivity contribution in [1.29, 1.82) is 0 Å². The highest BCUT2D eigenvalue weighted by Crippen LogP contribution is 2.27. The highest BCUT2D eigenvalue weighted by atomic mass is 19.1. The van der Waals surface area contributed by atoms with Crippen molar-refractivity contribution in [2.45, 2.75) is 0 Å². The molecule has 0 atom stereocenters. The molecular weight excluding hydrogens is 243 g/mol. The maximum atomic E-state index is 13.9. The van der Waals surface area contributed by atoms with Gasteiger partial charge in [0.05, 0.1) is 23.7 Å². The molecule has 0 N–H and O–H groups in total. The van der Waals surface area contributed by atoms with Crippen LogP contribution in [0.15, 0.2) is 42.5 Å². The molecule has 0 aliphatic heterocycles. The Hall–Kier alpha value is -2.36. The number of nitrogens with zero attached hydrogens (tertiary/aromatic N) is 2. The fourth-order valence-corrected chi connectivity index (χ4v) is 2.18. The topological polar surface area (TPSA) is 27.1 Å². The van der Waals surface area contributed by atoms with Gasteiger partial charge in [0.2, 0.25) is 0 Å². The van der Waals surface area contributed by atoms with Crippen LogP contribution >= 0.6 is 0 Å². The summed E-state index contributed by atoms with van der Waals surface area (Å²) in [4.78, 5) is 4.49. The van der Waals surface area contributed by atoms with Crippen LogP contribution < -0.4 is 4.74 Å². The fourth-order valence-electron chi connectivity index (χ4n) is 2.18. The standard InChI is InChI=1S/C15H13FN2O/c1-18-14-9-10(19-2)7-8-13(14)17-15(18)11-5-3-4-6-12(11)16/h3-9H,1-2H3. The summed E-state index contributed by atoms with van der Waals surface area (Å²) in [6, 6.07) is 12.3. The average molecular weight is 256 g/mol. The van der Waals surface area contributed by atoms with Gasteiger partial charge in [0, 0.05) is 13.1 Å². The van der Waals surface area contributed by atoms with Crippen molar-refractivity contribution < 1.29 is 9.13 Å². The van der Waals surface area contributed by atoms with Crippen LogP contribution in [0.25, 0.3) is 22.4 Å². The molecule has 19 heavy (non-hydrogen) atoms. The minimum atomic E-state index is -0.270. The number of aromatic nitrogens is 2. The van der Waals surface area contributed by atoms with E-state index in [0.29, 0.717) is 11.4 Å². The Kier molecular flexibility index (Phi) is 2.71. The van der Waals surface area contributed by atoms with E-state index in [0.717, 1.165) is 16.8 Å². The molecule has 0 saturated carbocycles.